The number of ether oxygens (including phenoxy) is 2. The lowest BCUT2D eigenvalue weighted by molar-refractivity contribution is 0.374. The average molecular weight is 421 g/mol. The number of benzene rings is 2. The molecule has 0 aliphatic heterocycles. The van der Waals surface area contributed by atoms with Gasteiger partial charge in [-0.25, -0.2) is 9.37 Å². The normalized spacial score (nSPS) is 11.0. The molecule has 160 valence electrons. The van der Waals surface area contributed by atoms with Crippen LogP contribution in [0.25, 0.3) is 22.3 Å². The van der Waals surface area contributed by atoms with Crippen LogP contribution in [0.3, 0.4) is 0 Å². The minimum Gasteiger partial charge on any atom is -0.497 e. The van der Waals surface area contributed by atoms with Gasteiger partial charge in [0.2, 0.25) is 0 Å². The molecule has 0 aliphatic carbocycles. The first-order valence-corrected chi connectivity index (χ1v) is 9.99. The van der Waals surface area contributed by atoms with Gasteiger partial charge in [0.15, 0.2) is 11.6 Å². The number of anilines is 2. The third kappa shape index (κ3) is 4.01. The molecule has 0 saturated carbocycles. The first-order valence-electron chi connectivity index (χ1n) is 9.99. The van der Waals surface area contributed by atoms with E-state index in [4.69, 9.17) is 14.5 Å². The van der Waals surface area contributed by atoms with Gasteiger partial charge in [-0.3, -0.25) is 9.67 Å². The molecule has 0 spiro atoms. The zero-order valence-corrected chi connectivity index (χ0v) is 18.0. The Labute approximate surface area is 180 Å². The summed E-state index contributed by atoms with van der Waals surface area (Å²) in [6, 6.07) is 8.94. The molecule has 0 amide bonds. The van der Waals surface area contributed by atoms with Crippen molar-refractivity contribution in [1.29, 1.82) is 0 Å². The maximum Gasteiger partial charge on any atom is 0.188 e. The molecule has 0 atom stereocenters. The van der Waals surface area contributed by atoms with Crippen LogP contribution in [0.5, 0.6) is 11.5 Å². The first-order chi connectivity index (χ1) is 15.0. The summed E-state index contributed by atoms with van der Waals surface area (Å²) < 4.78 is 27.5. The zero-order chi connectivity index (χ0) is 22.0. The van der Waals surface area contributed by atoms with Gasteiger partial charge in [-0.15, -0.1) is 0 Å². The molecule has 4 aromatic rings. The largest absolute Gasteiger partial charge is 0.497 e. The molecule has 0 saturated heterocycles. The van der Waals surface area contributed by atoms with E-state index >= 15 is 4.39 Å². The summed E-state index contributed by atoms with van der Waals surface area (Å²) in [6.45, 7) is 2.65. The maximum absolute atomic E-state index is 15.2. The van der Waals surface area contributed by atoms with Gasteiger partial charge in [0, 0.05) is 43.2 Å². The van der Waals surface area contributed by atoms with E-state index in [9.17, 15) is 0 Å². The molecular formula is C23H24FN5O2. The molecule has 2 heterocycles. The van der Waals surface area contributed by atoms with Crippen molar-refractivity contribution < 1.29 is 13.9 Å². The Hall–Kier alpha value is -3.68. The standard InChI is InChI=1S/C23H24FN5O2/c1-5-8-29(21-10-17(30-3)11-22(31-4)23(21)24)16-6-7-18-19(9-16)27-20(13-25-18)15-12-26-28(2)14-15/h6-7,9-14H,5,8H2,1-4H3. The van der Waals surface area contributed by atoms with Crippen LogP contribution < -0.4 is 14.4 Å². The van der Waals surface area contributed by atoms with Crippen molar-refractivity contribution in [3.8, 4) is 22.8 Å². The van der Waals surface area contributed by atoms with Crippen molar-refractivity contribution >= 4 is 22.4 Å². The minimum absolute atomic E-state index is 0.134. The number of halogens is 1. The Balaban J connectivity index is 1.82. The molecule has 2 aromatic heterocycles. The van der Waals surface area contributed by atoms with Crippen LogP contribution in [0, 0.1) is 5.82 Å². The SMILES string of the molecule is CCCN(c1ccc2ncc(-c3cnn(C)c3)nc2c1)c1cc(OC)cc(OC)c1F. The number of hydrogen-bond acceptors (Lipinski definition) is 6. The Kier molecular flexibility index (Phi) is 5.70. The summed E-state index contributed by atoms with van der Waals surface area (Å²) in [5.74, 6) is 0.218. The number of rotatable bonds is 7. The summed E-state index contributed by atoms with van der Waals surface area (Å²) >= 11 is 0. The molecule has 0 N–H and O–H groups in total. The van der Waals surface area contributed by atoms with Crippen LogP contribution in [-0.2, 0) is 7.05 Å². The van der Waals surface area contributed by atoms with Gasteiger partial charge in [0.1, 0.15) is 5.75 Å². The van der Waals surface area contributed by atoms with Crippen molar-refractivity contribution in [3.63, 3.8) is 0 Å². The van der Waals surface area contributed by atoms with Crippen molar-refractivity contribution in [2.24, 2.45) is 7.05 Å². The summed E-state index contributed by atoms with van der Waals surface area (Å²) in [7, 11) is 4.85. The highest BCUT2D eigenvalue weighted by Gasteiger charge is 2.19. The van der Waals surface area contributed by atoms with Crippen LogP contribution in [0.4, 0.5) is 15.8 Å². The highest BCUT2D eigenvalue weighted by Crippen LogP contribution is 2.37. The smallest absolute Gasteiger partial charge is 0.188 e. The molecule has 0 unspecified atom stereocenters. The molecule has 0 aliphatic rings. The molecule has 4 rings (SSSR count). The predicted molar refractivity (Wildman–Crippen MR) is 119 cm³/mol. The summed E-state index contributed by atoms with van der Waals surface area (Å²) in [4.78, 5) is 11.2. The lowest BCUT2D eigenvalue weighted by atomic mass is 10.1. The van der Waals surface area contributed by atoms with E-state index in [0.717, 1.165) is 34.4 Å². The van der Waals surface area contributed by atoms with Crippen LogP contribution in [-0.4, -0.2) is 40.5 Å². The van der Waals surface area contributed by atoms with Crippen LogP contribution >= 0.6 is 0 Å². The predicted octanol–water partition coefficient (Wildman–Crippen LogP) is 4.73. The average Bonchev–Trinajstić information content (AvgIpc) is 3.23. The van der Waals surface area contributed by atoms with Crippen molar-refractivity contribution in [2.75, 3.05) is 25.7 Å². The molecule has 31 heavy (non-hydrogen) atoms. The zero-order valence-electron chi connectivity index (χ0n) is 18.0. The fourth-order valence-electron chi connectivity index (χ4n) is 3.49. The molecule has 2 aromatic carbocycles. The van der Waals surface area contributed by atoms with E-state index < -0.39 is 5.82 Å². The Bertz CT molecular complexity index is 1220. The number of aromatic nitrogens is 4. The summed E-state index contributed by atoms with van der Waals surface area (Å²) in [6.07, 6.45) is 6.19. The number of fused-ring (bicyclic) bond motifs is 1. The van der Waals surface area contributed by atoms with Crippen molar-refractivity contribution in [3.05, 3.63) is 54.7 Å². The second-order valence-corrected chi connectivity index (χ2v) is 7.15. The lowest BCUT2D eigenvalue weighted by Crippen LogP contribution is -2.19. The molecule has 8 heteroatoms. The van der Waals surface area contributed by atoms with Gasteiger partial charge in [-0.2, -0.15) is 5.10 Å². The van der Waals surface area contributed by atoms with Gasteiger partial charge in [-0.1, -0.05) is 6.92 Å². The fraction of sp³-hybridized carbons (Fsp3) is 0.261. The molecule has 0 bridgehead atoms. The van der Waals surface area contributed by atoms with Gasteiger partial charge in [-0.05, 0) is 24.6 Å². The fourth-order valence-corrected chi connectivity index (χ4v) is 3.49. The van der Waals surface area contributed by atoms with Gasteiger partial charge in [0.05, 0.1) is 49.0 Å². The van der Waals surface area contributed by atoms with E-state index in [-0.39, 0.29) is 5.75 Å². The minimum atomic E-state index is -0.438. The van der Waals surface area contributed by atoms with Gasteiger partial charge < -0.3 is 14.4 Å². The summed E-state index contributed by atoms with van der Waals surface area (Å²) in [5.41, 5.74) is 4.28. The lowest BCUT2D eigenvalue weighted by Gasteiger charge is -2.26. The molecule has 0 radical (unpaired) electrons. The highest BCUT2D eigenvalue weighted by molar-refractivity contribution is 5.82. The van der Waals surface area contributed by atoms with E-state index in [1.165, 1.54) is 13.2 Å². The van der Waals surface area contributed by atoms with Crippen LogP contribution in [0.15, 0.2) is 48.9 Å². The van der Waals surface area contributed by atoms with Gasteiger partial charge in [0.25, 0.3) is 0 Å². The van der Waals surface area contributed by atoms with Crippen LogP contribution in [0.1, 0.15) is 13.3 Å². The highest BCUT2D eigenvalue weighted by atomic mass is 19.1. The Morgan fingerprint density at radius 2 is 1.90 bits per heavy atom. The van der Waals surface area contributed by atoms with Gasteiger partial charge >= 0.3 is 0 Å². The number of aryl methyl sites for hydroxylation is 1. The topological polar surface area (TPSA) is 65.3 Å². The first kappa shape index (κ1) is 20.6. The molecule has 0 fully saturated rings. The molecule has 7 nitrogen and oxygen atoms in total. The Morgan fingerprint density at radius 3 is 2.58 bits per heavy atom. The van der Waals surface area contributed by atoms with Crippen molar-refractivity contribution in [2.45, 2.75) is 13.3 Å². The number of hydrogen-bond donors (Lipinski definition) is 0. The van der Waals surface area contributed by atoms with E-state index in [1.54, 1.807) is 30.3 Å². The van der Waals surface area contributed by atoms with E-state index in [0.29, 0.717) is 18.0 Å². The van der Waals surface area contributed by atoms with E-state index in [2.05, 4.69) is 10.1 Å². The quantitative estimate of drug-likeness (QED) is 0.430. The van der Waals surface area contributed by atoms with Crippen LogP contribution in [0.2, 0.25) is 0 Å². The third-order valence-electron chi connectivity index (χ3n) is 5.03. The maximum atomic E-state index is 15.2. The summed E-state index contributed by atoms with van der Waals surface area (Å²) in [5, 5.41) is 4.20. The third-order valence-corrected chi connectivity index (χ3v) is 5.03. The Morgan fingerprint density at radius 1 is 1.06 bits per heavy atom. The van der Waals surface area contributed by atoms with Crippen molar-refractivity contribution in [1.82, 2.24) is 19.7 Å². The number of nitrogens with zero attached hydrogens (tertiary/aromatic N) is 5. The number of methoxy groups -OCH3 is 2. The molecular weight excluding hydrogens is 397 g/mol. The second-order valence-electron chi connectivity index (χ2n) is 7.15. The van der Waals surface area contributed by atoms with E-state index in [1.807, 2.05) is 43.3 Å². The second kappa shape index (κ2) is 8.59. The monoisotopic (exact) mass is 421 g/mol.